The fourth-order valence-corrected chi connectivity index (χ4v) is 4.01. The molecule has 0 radical (unpaired) electrons. The molecule has 2 heterocycles. The van der Waals surface area contributed by atoms with E-state index in [1.807, 2.05) is 0 Å². The minimum Gasteiger partial charge on any atom is -0.338 e. The van der Waals surface area contributed by atoms with Crippen LogP contribution in [0.15, 0.2) is 0 Å². The Kier molecular flexibility index (Phi) is 3.30. The predicted octanol–water partition coefficient (Wildman–Crippen LogP) is 2.34. The summed E-state index contributed by atoms with van der Waals surface area (Å²) in [5.74, 6) is 1.08. The normalized spacial score (nSPS) is 25.5. The molecule has 20 heavy (non-hydrogen) atoms. The summed E-state index contributed by atoms with van der Waals surface area (Å²) in [6.07, 6.45) is 7.96. The lowest BCUT2D eigenvalue weighted by Gasteiger charge is -2.35. The van der Waals surface area contributed by atoms with Crippen LogP contribution in [0.2, 0.25) is 0 Å². The van der Waals surface area contributed by atoms with E-state index in [1.165, 1.54) is 51.6 Å². The van der Waals surface area contributed by atoms with Gasteiger partial charge in [0.25, 0.3) is 0 Å². The molecule has 3 aliphatic rings. The highest BCUT2D eigenvalue weighted by molar-refractivity contribution is 7.71. The molecule has 0 unspecified atom stereocenters. The minimum absolute atomic E-state index is 0.567. The van der Waals surface area contributed by atoms with Crippen molar-refractivity contribution in [3.8, 4) is 0 Å². The summed E-state index contributed by atoms with van der Waals surface area (Å²) in [7, 11) is 0. The van der Waals surface area contributed by atoms with Gasteiger partial charge in [-0.25, -0.2) is 5.10 Å². The first-order valence-corrected chi connectivity index (χ1v) is 8.39. The fraction of sp³-hybridized carbons (Fsp3) is 0.857. The van der Waals surface area contributed by atoms with E-state index in [4.69, 9.17) is 12.2 Å². The number of piperazine rings is 1. The largest absolute Gasteiger partial charge is 0.338 e. The lowest BCUT2D eigenvalue weighted by molar-refractivity contribution is 0.246. The quantitative estimate of drug-likeness (QED) is 0.869. The van der Waals surface area contributed by atoms with Crippen molar-refractivity contribution in [1.82, 2.24) is 19.7 Å². The van der Waals surface area contributed by atoms with Gasteiger partial charge >= 0.3 is 0 Å². The van der Waals surface area contributed by atoms with Gasteiger partial charge in [-0.15, -0.1) is 5.10 Å². The number of aromatic nitrogens is 3. The van der Waals surface area contributed by atoms with E-state index in [0.717, 1.165) is 29.9 Å². The third kappa shape index (κ3) is 2.29. The topological polar surface area (TPSA) is 40.1 Å². The third-order valence-electron chi connectivity index (χ3n) is 5.04. The monoisotopic (exact) mass is 293 g/mol. The number of nitrogens with one attached hydrogen (secondary N) is 1. The Morgan fingerprint density at radius 1 is 0.950 bits per heavy atom. The summed E-state index contributed by atoms with van der Waals surface area (Å²) in [6.45, 7) is 4.52. The second kappa shape index (κ2) is 5.15. The Labute approximate surface area is 124 Å². The van der Waals surface area contributed by atoms with Gasteiger partial charge in [-0.2, -0.15) is 0 Å². The summed E-state index contributed by atoms with van der Waals surface area (Å²) in [6, 6.07) is 1.45. The van der Waals surface area contributed by atoms with Crippen LogP contribution in [0.4, 0.5) is 5.95 Å². The molecule has 0 aromatic carbocycles. The van der Waals surface area contributed by atoms with Gasteiger partial charge in [-0.1, -0.05) is 12.8 Å². The Balaban J connectivity index is 1.52. The number of nitrogens with zero attached hydrogens (tertiary/aromatic N) is 4. The third-order valence-corrected chi connectivity index (χ3v) is 5.32. The first-order chi connectivity index (χ1) is 9.83. The lowest BCUT2D eigenvalue weighted by atomic mass is 10.2. The Morgan fingerprint density at radius 3 is 2.30 bits per heavy atom. The zero-order valence-electron chi connectivity index (χ0n) is 11.9. The molecule has 1 N–H and O–H groups in total. The molecule has 6 heteroatoms. The van der Waals surface area contributed by atoms with Crippen molar-refractivity contribution in [2.75, 3.05) is 31.1 Å². The maximum absolute atomic E-state index is 5.46. The standard InChI is InChI=1S/C14H23N5S/c20-14-16-15-13(19(14)12-3-1-2-4-12)18-9-7-17(8-10-18)11-5-6-11/h11-12H,1-10H2,(H,16,20). The van der Waals surface area contributed by atoms with Gasteiger partial charge in [-0.3, -0.25) is 9.47 Å². The number of H-pyrrole nitrogens is 1. The molecule has 3 fully saturated rings. The molecule has 110 valence electrons. The first kappa shape index (κ1) is 12.8. The van der Waals surface area contributed by atoms with E-state index < -0.39 is 0 Å². The highest BCUT2D eigenvalue weighted by atomic mass is 32.1. The SMILES string of the molecule is S=c1[nH]nc(N2CCN(C3CC3)CC2)n1C1CCCC1. The Morgan fingerprint density at radius 2 is 1.65 bits per heavy atom. The number of rotatable bonds is 3. The average Bonchev–Trinajstić information content (AvgIpc) is 3.05. The molecule has 1 aromatic rings. The zero-order valence-corrected chi connectivity index (χ0v) is 12.7. The van der Waals surface area contributed by atoms with Crippen LogP contribution in [0, 0.1) is 4.77 Å². The summed E-state index contributed by atoms with van der Waals surface area (Å²) in [4.78, 5) is 5.06. The second-order valence-electron chi connectivity index (χ2n) is 6.39. The number of hydrogen-bond acceptors (Lipinski definition) is 4. The van der Waals surface area contributed by atoms with Crippen molar-refractivity contribution in [3.05, 3.63) is 4.77 Å². The highest BCUT2D eigenvalue weighted by Crippen LogP contribution is 2.33. The summed E-state index contributed by atoms with van der Waals surface area (Å²) in [5, 5.41) is 7.54. The van der Waals surface area contributed by atoms with Gasteiger partial charge in [0.2, 0.25) is 5.95 Å². The molecule has 5 nitrogen and oxygen atoms in total. The zero-order chi connectivity index (χ0) is 13.5. The maximum atomic E-state index is 5.46. The summed E-state index contributed by atoms with van der Waals surface area (Å²) < 4.78 is 3.09. The van der Waals surface area contributed by atoms with Crippen LogP contribution in [0.3, 0.4) is 0 Å². The van der Waals surface area contributed by atoms with Crippen LogP contribution in [0.1, 0.15) is 44.6 Å². The number of aromatic amines is 1. The van der Waals surface area contributed by atoms with Gasteiger partial charge in [0, 0.05) is 38.3 Å². The van der Waals surface area contributed by atoms with E-state index in [-0.39, 0.29) is 0 Å². The molecule has 1 aromatic heterocycles. The van der Waals surface area contributed by atoms with Crippen molar-refractivity contribution in [1.29, 1.82) is 0 Å². The van der Waals surface area contributed by atoms with Gasteiger partial charge in [0.05, 0.1) is 0 Å². The van der Waals surface area contributed by atoms with Crippen LogP contribution in [0.25, 0.3) is 0 Å². The first-order valence-electron chi connectivity index (χ1n) is 7.99. The predicted molar refractivity (Wildman–Crippen MR) is 81.7 cm³/mol. The van der Waals surface area contributed by atoms with Gasteiger partial charge in [0.15, 0.2) is 4.77 Å². The van der Waals surface area contributed by atoms with Crippen LogP contribution >= 0.6 is 12.2 Å². The fourth-order valence-electron chi connectivity index (χ4n) is 3.74. The van der Waals surface area contributed by atoms with Gasteiger partial charge in [0.1, 0.15) is 0 Å². The number of hydrogen-bond donors (Lipinski definition) is 1. The van der Waals surface area contributed by atoms with Gasteiger partial charge < -0.3 is 4.90 Å². The molecule has 2 saturated carbocycles. The van der Waals surface area contributed by atoms with E-state index >= 15 is 0 Å². The molecule has 0 amide bonds. The molecule has 1 aliphatic heterocycles. The van der Waals surface area contributed by atoms with E-state index in [0.29, 0.717) is 6.04 Å². The molecular weight excluding hydrogens is 270 g/mol. The van der Waals surface area contributed by atoms with Crippen molar-refractivity contribution >= 4 is 18.2 Å². The molecule has 0 atom stereocenters. The van der Waals surface area contributed by atoms with E-state index in [9.17, 15) is 0 Å². The molecular formula is C14H23N5S. The highest BCUT2D eigenvalue weighted by Gasteiger charge is 2.32. The Hall–Kier alpha value is -0.880. The molecule has 1 saturated heterocycles. The smallest absolute Gasteiger partial charge is 0.226 e. The summed E-state index contributed by atoms with van der Waals surface area (Å²) >= 11 is 5.46. The van der Waals surface area contributed by atoms with Crippen LogP contribution in [-0.2, 0) is 0 Å². The second-order valence-corrected chi connectivity index (χ2v) is 6.78. The van der Waals surface area contributed by atoms with E-state index in [2.05, 4.69) is 24.6 Å². The van der Waals surface area contributed by atoms with Gasteiger partial charge in [-0.05, 0) is 37.9 Å². The average molecular weight is 293 g/mol. The lowest BCUT2D eigenvalue weighted by Crippen LogP contribution is -2.48. The molecule has 0 spiro atoms. The molecule has 2 aliphatic carbocycles. The number of anilines is 1. The van der Waals surface area contributed by atoms with Crippen LogP contribution in [-0.4, -0.2) is 51.9 Å². The Bertz CT molecular complexity index is 518. The maximum Gasteiger partial charge on any atom is 0.226 e. The molecule has 0 bridgehead atoms. The van der Waals surface area contributed by atoms with Crippen molar-refractivity contribution < 1.29 is 0 Å². The van der Waals surface area contributed by atoms with Crippen molar-refractivity contribution in [2.45, 2.75) is 50.6 Å². The van der Waals surface area contributed by atoms with E-state index in [1.54, 1.807) is 0 Å². The summed E-state index contributed by atoms with van der Waals surface area (Å²) in [5.41, 5.74) is 0. The van der Waals surface area contributed by atoms with Crippen molar-refractivity contribution in [3.63, 3.8) is 0 Å². The minimum atomic E-state index is 0.567. The van der Waals surface area contributed by atoms with Crippen LogP contribution < -0.4 is 4.90 Å². The van der Waals surface area contributed by atoms with Crippen molar-refractivity contribution in [2.24, 2.45) is 0 Å². The molecule has 4 rings (SSSR count). The van der Waals surface area contributed by atoms with Crippen LogP contribution in [0.5, 0.6) is 0 Å².